The molecule has 0 aromatic carbocycles. The first-order valence-electron chi connectivity index (χ1n) is 5.39. The lowest BCUT2D eigenvalue weighted by Crippen LogP contribution is -2.40. The predicted molar refractivity (Wildman–Crippen MR) is 63.4 cm³/mol. The van der Waals surface area contributed by atoms with Gasteiger partial charge in [-0.3, -0.25) is 0 Å². The van der Waals surface area contributed by atoms with Crippen LogP contribution in [0.1, 0.15) is 34.1 Å². The van der Waals surface area contributed by atoms with E-state index in [0.717, 1.165) is 6.42 Å². The molecule has 0 saturated heterocycles. The summed E-state index contributed by atoms with van der Waals surface area (Å²) in [6, 6.07) is 0. The molecule has 2 unspecified atom stereocenters. The van der Waals surface area contributed by atoms with E-state index in [2.05, 4.69) is 27.4 Å². The van der Waals surface area contributed by atoms with Gasteiger partial charge < -0.3 is 8.85 Å². The first-order valence-corrected chi connectivity index (χ1v) is 7.78. The van der Waals surface area contributed by atoms with E-state index in [1.54, 1.807) is 0 Å². The van der Waals surface area contributed by atoms with Gasteiger partial charge in [0.15, 0.2) is 0 Å². The maximum atomic E-state index is 5.94. The molecule has 0 spiro atoms. The van der Waals surface area contributed by atoms with Gasteiger partial charge in [-0.15, -0.1) is 6.58 Å². The third kappa shape index (κ3) is 5.57. The Hall–Kier alpha value is -0.123. The second-order valence-electron chi connectivity index (χ2n) is 4.21. The Morgan fingerprint density at radius 1 is 1.36 bits per heavy atom. The molecule has 14 heavy (non-hydrogen) atoms. The van der Waals surface area contributed by atoms with Crippen molar-refractivity contribution in [2.24, 2.45) is 5.92 Å². The van der Waals surface area contributed by atoms with Gasteiger partial charge in [0.1, 0.15) is 0 Å². The molecule has 0 bridgehead atoms. The standard InChI is InChI=1S/C11H24O2Si/c1-7-12-14(6,8-2)13-11(5)9-10(3)4/h8,10-11H,2,7,9H2,1,3-6H3. The third-order valence-corrected chi connectivity index (χ3v) is 4.51. The number of rotatable bonds is 7. The zero-order chi connectivity index (χ0) is 11.2. The van der Waals surface area contributed by atoms with Crippen molar-refractivity contribution in [3.63, 3.8) is 0 Å². The van der Waals surface area contributed by atoms with Crippen LogP contribution >= 0.6 is 0 Å². The van der Waals surface area contributed by atoms with Crippen LogP contribution in [-0.2, 0) is 8.85 Å². The molecular weight excluding hydrogens is 192 g/mol. The van der Waals surface area contributed by atoms with E-state index >= 15 is 0 Å². The smallest absolute Gasteiger partial charge is 0.361 e. The van der Waals surface area contributed by atoms with Gasteiger partial charge in [0.05, 0.1) is 0 Å². The van der Waals surface area contributed by atoms with Gasteiger partial charge in [0.25, 0.3) is 0 Å². The minimum atomic E-state index is -2.09. The summed E-state index contributed by atoms with van der Waals surface area (Å²) < 4.78 is 11.6. The molecule has 0 aliphatic heterocycles. The maximum Gasteiger partial charge on any atom is 0.361 e. The zero-order valence-corrected chi connectivity index (χ0v) is 11.2. The molecule has 0 heterocycles. The molecule has 0 aromatic rings. The van der Waals surface area contributed by atoms with Crippen molar-refractivity contribution in [1.82, 2.24) is 0 Å². The largest absolute Gasteiger partial charge is 0.392 e. The van der Waals surface area contributed by atoms with Crippen LogP contribution in [0, 0.1) is 5.92 Å². The summed E-state index contributed by atoms with van der Waals surface area (Å²) in [5.74, 6) is 0.662. The van der Waals surface area contributed by atoms with Crippen molar-refractivity contribution in [1.29, 1.82) is 0 Å². The SMILES string of the molecule is C=C[Si](C)(OCC)OC(C)CC(C)C. The molecule has 3 heteroatoms. The lowest BCUT2D eigenvalue weighted by molar-refractivity contribution is 0.125. The van der Waals surface area contributed by atoms with E-state index in [-0.39, 0.29) is 6.10 Å². The molecule has 0 aliphatic rings. The minimum Gasteiger partial charge on any atom is -0.392 e. The second-order valence-corrected chi connectivity index (χ2v) is 7.18. The molecule has 0 radical (unpaired) electrons. The minimum absolute atomic E-state index is 0.260. The summed E-state index contributed by atoms with van der Waals surface area (Å²) in [5.41, 5.74) is 1.85. The van der Waals surface area contributed by atoms with Crippen LogP contribution < -0.4 is 0 Å². The van der Waals surface area contributed by atoms with E-state index in [0.29, 0.717) is 12.5 Å². The molecule has 2 atom stereocenters. The van der Waals surface area contributed by atoms with Crippen molar-refractivity contribution in [2.75, 3.05) is 6.61 Å². The quantitative estimate of drug-likeness (QED) is 0.608. The Morgan fingerprint density at radius 3 is 2.29 bits per heavy atom. The molecule has 0 N–H and O–H groups in total. The normalized spacial score (nSPS) is 17.9. The van der Waals surface area contributed by atoms with Crippen LogP contribution in [0.25, 0.3) is 0 Å². The fourth-order valence-electron chi connectivity index (χ4n) is 1.54. The monoisotopic (exact) mass is 216 g/mol. The highest BCUT2D eigenvalue weighted by atomic mass is 28.4. The molecule has 0 amide bonds. The van der Waals surface area contributed by atoms with E-state index < -0.39 is 8.56 Å². The van der Waals surface area contributed by atoms with Crippen LogP contribution in [0.3, 0.4) is 0 Å². The van der Waals surface area contributed by atoms with Gasteiger partial charge in [0, 0.05) is 12.7 Å². The molecule has 2 nitrogen and oxygen atoms in total. The number of hydrogen-bond acceptors (Lipinski definition) is 2. The summed E-state index contributed by atoms with van der Waals surface area (Å²) in [6.07, 6.45) is 1.33. The summed E-state index contributed by atoms with van der Waals surface area (Å²) in [4.78, 5) is 0. The Labute approximate surface area is 89.6 Å². The maximum absolute atomic E-state index is 5.94. The Bertz CT molecular complexity index is 171. The average Bonchev–Trinajstić information content (AvgIpc) is 2.02. The summed E-state index contributed by atoms with van der Waals surface area (Å²) in [7, 11) is -2.09. The van der Waals surface area contributed by atoms with Gasteiger partial charge in [-0.2, -0.15) is 0 Å². The summed E-state index contributed by atoms with van der Waals surface area (Å²) >= 11 is 0. The second kappa shape index (κ2) is 6.38. The zero-order valence-electron chi connectivity index (χ0n) is 10.2. The van der Waals surface area contributed by atoms with Crippen molar-refractivity contribution in [3.8, 4) is 0 Å². The van der Waals surface area contributed by atoms with Gasteiger partial charge in [-0.25, -0.2) is 0 Å². The molecule has 0 rings (SSSR count). The van der Waals surface area contributed by atoms with Crippen LogP contribution in [0.15, 0.2) is 12.3 Å². The highest BCUT2D eigenvalue weighted by molar-refractivity contribution is 6.71. The van der Waals surface area contributed by atoms with Crippen LogP contribution in [-0.4, -0.2) is 21.3 Å². The highest BCUT2D eigenvalue weighted by Gasteiger charge is 2.29. The van der Waals surface area contributed by atoms with Crippen molar-refractivity contribution >= 4 is 8.56 Å². The molecule has 84 valence electrons. The first-order chi connectivity index (χ1) is 6.43. The van der Waals surface area contributed by atoms with Gasteiger partial charge >= 0.3 is 8.56 Å². The fraction of sp³-hybridized carbons (Fsp3) is 0.818. The van der Waals surface area contributed by atoms with E-state index in [1.807, 2.05) is 19.2 Å². The van der Waals surface area contributed by atoms with Gasteiger partial charge in [-0.05, 0) is 38.4 Å². The number of hydrogen-bond donors (Lipinski definition) is 0. The lowest BCUT2D eigenvalue weighted by atomic mass is 10.1. The van der Waals surface area contributed by atoms with E-state index in [4.69, 9.17) is 8.85 Å². The summed E-state index contributed by atoms with van der Waals surface area (Å²) in [5, 5.41) is 0. The highest BCUT2D eigenvalue weighted by Crippen LogP contribution is 2.16. The van der Waals surface area contributed by atoms with Crippen LogP contribution in [0.2, 0.25) is 6.55 Å². The first kappa shape index (κ1) is 13.9. The van der Waals surface area contributed by atoms with Crippen LogP contribution in [0.5, 0.6) is 0 Å². The molecular formula is C11H24O2Si. The Balaban J connectivity index is 4.09. The molecule has 0 aliphatic carbocycles. The van der Waals surface area contributed by atoms with E-state index in [1.165, 1.54) is 0 Å². The van der Waals surface area contributed by atoms with Crippen molar-refractivity contribution < 1.29 is 8.85 Å². The topological polar surface area (TPSA) is 18.5 Å². The van der Waals surface area contributed by atoms with E-state index in [9.17, 15) is 0 Å². The molecule has 0 fully saturated rings. The van der Waals surface area contributed by atoms with Gasteiger partial charge in [0.2, 0.25) is 0 Å². The molecule has 0 aromatic heterocycles. The third-order valence-electron chi connectivity index (χ3n) is 2.04. The van der Waals surface area contributed by atoms with Crippen molar-refractivity contribution in [3.05, 3.63) is 12.3 Å². The van der Waals surface area contributed by atoms with Gasteiger partial charge in [-0.1, -0.05) is 13.8 Å². The van der Waals surface area contributed by atoms with Crippen molar-refractivity contribution in [2.45, 2.75) is 46.8 Å². The Morgan fingerprint density at radius 2 is 1.93 bits per heavy atom. The van der Waals surface area contributed by atoms with Crippen LogP contribution in [0.4, 0.5) is 0 Å². The summed E-state index contributed by atoms with van der Waals surface area (Å²) in [6.45, 7) is 15.0. The fourth-order valence-corrected chi connectivity index (χ4v) is 3.29. The molecule has 0 saturated carbocycles. The Kier molecular flexibility index (Phi) is 6.32. The predicted octanol–water partition coefficient (Wildman–Crippen LogP) is 3.27. The lowest BCUT2D eigenvalue weighted by Gasteiger charge is -2.27. The average molecular weight is 216 g/mol.